The van der Waals surface area contributed by atoms with Gasteiger partial charge < -0.3 is 10.6 Å². The van der Waals surface area contributed by atoms with Gasteiger partial charge in [0.1, 0.15) is 5.38 Å². The second-order valence-electron chi connectivity index (χ2n) is 4.73. The molecule has 0 unspecified atom stereocenters. The predicted molar refractivity (Wildman–Crippen MR) is 85.5 cm³/mol. The monoisotopic (exact) mass is 304 g/mol. The minimum absolute atomic E-state index is 0.145. The molecular formula is C16H17ClN2O2. The number of alkyl halides is 1. The number of nitrogens with one attached hydrogen (secondary N) is 2. The van der Waals surface area contributed by atoms with Gasteiger partial charge in [0.25, 0.3) is 0 Å². The molecule has 110 valence electrons. The van der Waals surface area contributed by atoms with E-state index in [0.29, 0.717) is 0 Å². The van der Waals surface area contributed by atoms with E-state index in [2.05, 4.69) is 10.6 Å². The van der Waals surface area contributed by atoms with E-state index in [-0.39, 0.29) is 24.8 Å². The normalized spacial score (nSPS) is 11.9. The van der Waals surface area contributed by atoms with Gasteiger partial charge in [-0.2, -0.15) is 0 Å². The molecule has 0 aromatic heterocycles. The zero-order valence-corrected chi connectivity index (χ0v) is 12.5. The molecule has 2 rings (SSSR count). The van der Waals surface area contributed by atoms with Crippen LogP contribution in [0, 0.1) is 0 Å². The number of carbonyl (C=O) groups is 2. The summed E-state index contributed by atoms with van der Waals surface area (Å²) in [7, 11) is 0. The van der Waals surface area contributed by atoms with E-state index in [9.17, 15) is 9.59 Å². The summed E-state index contributed by atoms with van der Waals surface area (Å²) in [4.78, 5) is 23.2. The highest BCUT2D eigenvalue weighted by Crippen LogP contribution is 2.22. The van der Waals surface area contributed by atoms with Crippen LogP contribution in [0.4, 0.5) is 5.69 Å². The summed E-state index contributed by atoms with van der Waals surface area (Å²) in [5.74, 6) is -0.413. The van der Waals surface area contributed by atoms with E-state index < -0.39 is 5.38 Å². The van der Waals surface area contributed by atoms with Crippen molar-refractivity contribution in [2.24, 2.45) is 0 Å². The molecule has 0 bridgehead atoms. The third-order valence-electron chi connectivity index (χ3n) is 3.08. The first-order valence-electron chi connectivity index (χ1n) is 6.77. The smallest absolute Gasteiger partial charge is 0.237 e. The van der Waals surface area contributed by atoms with Crippen molar-refractivity contribution in [3.05, 3.63) is 42.5 Å². The van der Waals surface area contributed by atoms with Gasteiger partial charge in [-0.05, 0) is 18.4 Å². The number of halogens is 1. The van der Waals surface area contributed by atoms with E-state index in [1.165, 1.54) is 0 Å². The lowest BCUT2D eigenvalue weighted by molar-refractivity contribution is -0.120. The predicted octanol–water partition coefficient (Wildman–Crippen LogP) is 2.91. The van der Waals surface area contributed by atoms with E-state index in [0.717, 1.165) is 16.5 Å². The van der Waals surface area contributed by atoms with Crippen LogP contribution in [0.2, 0.25) is 0 Å². The van der Waals surface area contributed by atoms with Gasteiger partial charge in [0, 0.05) is 24.0 Å². The van der Waals surface area contributed by atoms with Crippen molar-refractivity contribution >= 4 is 39.9 Å². The Bertz CT molecular complexity index is 650. The number of rotatable bonds is 5. The number of fused-ring (bicyclic) bond motifs is 1. The molecule has 0 radical (unpaired) electrons. The van der Waals surface area contributed by atoms with Crippen LogP contribution >= 0.6 is 11.6 Å². The summed E-state index contributed by atoms with van der Waals surface area (Å²) in [6.45, 7) is 1.86. The molecule has 0 saturated heterocycles. The molecule has 1 atom stereocenters. The van der Waals surface area contributed by atoms with E-state index in [1.54, 1.807) is 6.92 Å². The minimum Gasteiger partial charge on any atom is -0.354 e. The lowest BCUT2D eigenvalue weighted by atomic mass is 10.1. The van der Waals surface area contributed by atoms with Gasteiger partial charge in [-0.3, -0.25) is 9.59 Å². The molecule has 0 fully saturated rings. The molecule has 4 nitrogen and oxygen atoms in total. The Balaban J connectivity index is 1.94. The molecule has 2 amide bonds. The SMILES string of the molecule is C[C@H](Cl)C(=O)NCCC(=O)Nc1cccc2ccccc12. The second kappa shape index (κ2) is 7.09. The van der Waals surface area contributed by atoms with Gasteiger partial charge in [-0.25, -0.2) is 0 Å². The summed E-state index contributed by atoms with van der Waals surface area (Å²) < 4.78 is 0. The molecule has 2 N–H and O–H groups in total. The summed E-state index contributed by atoms with van der Waals surface area (Å²) in [5, 5.41) is 6.94. The highest BCUT2D eigenvalue weighted by molar-refractivity contribution is 6.30. The van der Waals surface area contributed by atoms with Crippen molar-refractivity contribution < 1.29 is 9.59 Å². The molecule has 0 aliphatic rings. The number of hydrogen-bond donors (Lipinski definition) is 2. The molecule has 0 aliphatic heterocycles. The molecule has 0 spiro atoms. The van der Waals surface area contributed by atoms with Crippen molar-refractivity contribution in [3.8, 4) is 0 Å². The third kappa shape index (κ3) is 4.20. The fourth-order valence-corrected chi connectivity index (χ4v) is 2.06. The maximum atomic E-state index is 11.9. The van der Waals surface area contributed by atoms with E-state index >= 15 is 0 Å². The lowest BCUT2D eigenvalue weighted by Gasteiger charge is -2.09. The third-order valence-corrected chi connectivity index (χ3v) is 3.27. The van der Waals surface area contributed by atoms with Gasteiger partial charge >= 0.3 is 0 Å². The molecule has 0 saturated carbocycles. The van der Waals surface area contributed by atoms with Gasteiger partial charge in [-0.1, -0.05) is 36.4 Å². The fraction of sp³-hybridized carbons (Fsp3) is 0.250. The van der Waals surface area contributed by atoms with Crippen LogP contribution in [0.5, 0.6) is 0 Å². The van der Waals surface area contributed by atoms with Crippen LogP contribution < -0.4 is 10.6 Å². The standard InChI is InChI=1S/C16H17ClN2O2/c1-11(17)16(21)18-10-9-15(20)19-14-8-4-6-12-5-2-3-7-13(12)14/h2-8,11H,9-10H2,1H3,(H,18,21)(H,19,20)/t11-/m0/s1. The quantitative estimate of drug-likeness (QED) is 0.835. The molecule has 5 heteroatoms. The molecule has 2 aromatic carbocycles. The second-order valence-corrected chi connectivity index (χ2v) is 5.39. The Labute approximate surface area is 128 Å². The van der Waals surface area contributed by atoms with E-state index in [1.807, 2.05) is 42.5 Å². The van der Waals surface area contributed by atoms with Crippen LogP contribution in [0.25, 0.3) is 10.8 Å². The first-order valence-corrected chi connectivity index (χ1v) is 7.21. The highest BCUT2D eigenvalue weighted by Gasteiger charge is 2.09. The topological polar surface area (TPSA) is 58.2 Å². The van der Waals surface area contributed by atoms with Gasteiger partial charge in [0.05, 0.1) is 0 Å². The Morgan fingerprint density at radius 2 is 1.86 bits per heavy atom. The van der Waals surface area contributed by atoms with Crippen molar-refractivity contribution in [1.82, 2.24) is 5.32 Å². The molecule has 0 aliphatic carbocycles. The Morgan fingerprint density at radius 1 is 1.14 bits per heavy atom. The number of hydrogen-bond acceptors (Lipinski definition) is 2. The van der Waals surface area contributed by atoms with Crippen LogP contribution in [0.15, 0.2) is 42.5 Å². The Morgan fingerprint density at radius 3 is 2.62 bits per heavy atom. The van der Waals surface area contributed by atoms with Crippen molar-refractivity contribution in [2.75, 3.05) is 11.9 Å². The number of benzene rings is 2. The minimum atomic E-state index is -0.592. The van der Waals surface area contributed by atoms with Crippen molar-refractivity contribution in [3.63, 3.8) is 0 Å². The fourth-order valence-electron chi connectivity index (χ4n) is 1.99. The maximum absolute atomic E-state index is 11.9. The lowest BCUT2D eigenvalue weighted by Crippen LogP contribution is -2.32. The zero-order chi connectivity index (χ0) is 15.2. The summed E-state index contributed by atoms with van der Waals surface area (Å²) in [6, 6.07) is 13.6. The van der Waals surface area contributed by atoms with Crippen molar-refractivity contribution in [2.45, 2.75) is 18.7 Å². The molecule has 21 heavy (non-hydrogen) atoms. The first-order chi connectivity index (χ1) is 10.1. The largest absolute Gasteiger partial charge is 0.354 e. The van der Waals surface area contributed by atoms with Crippen LogP contribution in [0.1, 0.15) is 13.3 Å². The first kappa shape index (κ1) is 15.3. The highest BCUT2D eigenvalue weighted by atomic mass is 35.5. The molecular weight excluding hydrogens is 288 g/mol. The summed E-state index contributed by atoms with van der Waals surface area (Å²) in [5.41, 5.74) is 0.773. The number of amides is 2. The Hall–Kier alpha value is -2.07. The van der Waals surface area contributed by atoms with Gasteiger partial charge in [-0.15, -0.1) is 11.6 Å². The molecule has 0 heterocycles. The number of carbonyl (C=O) groups excluding carboxylic acids is 2. The van der Waals surface area contributed by atoms with Gasteiger partial charge in [0.15, 0.2) is 0 Å². The average molecular weight is 305 g/mol. The average Bonchev–Trinajstić information content (AvgIpc) is 2.47. The van der Waals surface area contributed by atoms with Crippen molar-refractivity contribution in [1.29, 1.82) is 0 Å². The summed E-state index contributed by atoms with van der Waals surface area (Å²) >= 11 is 5.63. The van der Waals surface area contributed by atoms with Gasteiger partial charge in [0.2, 0.25) is 11.8 Å². The molecule has 2 aromatic rings. The zero-order valence-electron chi connectivity index (χ0n) is 11.7. The maximum Gasteiger partial charge on any atom is 0.237 e. The Kier molecular flexibility index (Phi) is 5.17. The number of anilines is 1. The van der Waals surface area contributed by atoms with Crippen LogP contribution in [-0.2, 0) is 9.59 Å². The van der Waals surface area contributed by atoms with Crippen LogP contribution in [0.3, 0.4) is 0 Å². The van der Waals surface area contributed by atoms with Crippen LogP contribution in [-0.4, -0.2) is 23.7 Å². The summed E-state index contributed by atoms with van der Waals surface area (Å²) in [6.07, 6.45) is 0.207. The van der Waals surface area contributed by atoms with E-state index in [4.69, 9.17) is 11.6 Å².